The summed E-state index contributed by atoms with van der Waals surface area (Å²) in [5.41, 5.74) is 6.70. The maximum absolute atomic E-state index is 6.25. The molecule has 8 aromatic carbocycles. The Morgan fingerprint density at radius 3 is 1.57 bits per heavy atom. The molecule has 10 aromatic rings. The summed E-state index contributed by atoms with van der Waals surface area (Å²) in [7, 11) is 0. The maximum atomic E-state index is 6.25. The lowest BCUT2D eigenvalue weighted by Crippen LogP contribution is -2.00. The van der Waals surface area contributed by atoms with E-state index < -0.39 is 0 Å². The van der Waals surface area contributed by atoms with Crippen molar-refractivity contribution in [3.05, 3.63) is 164 Å². The SMILES string of the molecule is c1ccc(-c2ccc(-c3nc(-c4ccc5c(c4)oc4ccccc45)nc(-c4ccc5ccc6c7ccccc7ccc6c5c4)n3)cc2)cc1. The van der Waals surface area contributed by atoms with E-state index in [0.29, 0.717) is 17.5 Å². The predicted octanol–water partition coefficient (Wildman–Crippen LogP) is 11.9. The molecule has 2 heterocycles. The number of rotatable bonds is 4. The Balaban J connectivity index is 1.16. The Bertz CT molecular complexity index is 2870. The average molecular weight is 626 g/mol. The molecule has 10 rings (SSSR count). The molecular weight excluding hydrogens is 599 g/mol. The summed E-state index contributed by atoms with van der Waals surface area (Å²) in [6.45, 7) is 0. The normalized spacial score (nSPS) is 11.7. The predicted molar refractivity (Wildman–Crippen MR) is 201 cm³/mol. The van der Waals surface area contributed by atoms with Gasteiger partial charge >= 0.3 is 0 Å². The van der Waals surface area contributed by atoms with Crippen molar-refractivity contribution in [2.45, 2.75) is 0 Å². The number of aromatic nitrogens is 3. The molecular formula is C45H27N3O. The van der Waals surface area contributed by atoms with Crippen molar-refractivity contribution in [1.29, 1.82) is 0 Å². The molecule has 0 atom stereocenters. The average Bonchev–Trinajstić information content (AvgIpc) is 3.56. The Morgan fingerprint density at radius 2 is 0.776 bits per heavy atom. The van der Waals surface area contributed by atoms with E-state index in [1.807, 2.05) is 30.3 Å². The van der Waals surface area contributed by atoms with Crippen LogP contribution in [0.25, 0.3) is 99.5 Å². The van der Waals surface area contributed by atoms with Crippen molar-refractivity contribution >= 4 is 54.3 Å². The summed E-state index contributed by atoms with van der Waals surface area (Å²) in [4.78, 5) is 15.2. The number of furan rings is 1. The van der Waals surface area contributed by atoms with Crippen LogP contribution in [0.4, 0.5) is 0 Å². The van der Waals surface area contributed by atoms with Gasteiger partial charge in [-0.05, 0) is 67.7 Å². The number of hydrogen-bond acceptors (Lipinski definition) is 4. The minimum atomic E-state index is 0.596. The molecule has 0 aliphatic rings. The summed E-state index contributed by atoms with van der Waals surface area (Å²) in [6, 6.07) is 57.1. The number of nitrogens with zero attached hydrogens (tertiary/aromatic N) is 3. The fourth-order valence-electron chi connectivity index (χ4n) is 7.03. The number of para-hydroxylation sites is 1. The van der Waals surface area contributed by atoms with E-state index >= 15 is 0 Å². The van der Waals surface area contributed by atoms with Gasteiger partial charge in [-0.2, -0.15) is 0 Å². The van der Waals surface area contributed by atoms with Crippen LogP contribution < -0.4 is 0 Å². The standard InChI is InChI=1S/C45H27N3O/c1-2-8-28(9-3-1)29-14-17-32(18-15-29)43-46-44(48-45(47-43)34-22-25-39-38-12-6-7-13-41(38)49-42(39)27-34)33-19-16-31-21-23-36-35-11-5-4-10-30(35)20-24-37(36)40(31)26-33/h1-27H. The lowest BCUT2D eigenvalue weighted by Gasteiger charge is -2.11. The fourth-order valence-corrected chi connectivity index (χ4v) is 7.03. The summed E-state index contributed by atoms with van der Waals surface area (Å²) < 4.78 is 6.25. The zero-order chi connectivity index (χ0) is 32.3. The second kappa shape index (κ2) is 11.0. The molecule has 0 saturated heterocycles. The Labute approximate surface area is 282 Å². The molecule has 0 amide bonds. The highest BCUT2D eigenvalue weighted by Crippen LogP contribution is 2.35. The summed E-state index contributed by atoms with van der Waals surface area (Å²) >= 11 is 0. The first-order valence-corrected chi connectivity index (χ1v) is 16.4. The monoisotopic (exact) mass is 625 g/mol. The second-order valence-electron chi connectivity index (χ2n) is 12.4. The molecule has 0 unspecified atom stereocenters. The van der Waals surface area contributed by atoms with Crippen molar-refractivity contribution in [1.82, 2.24) is 15.0 Å². The minimum Gasteiger partial charge on any atom is -0.456 e. The molecule has 228 valence electrons. The fraction of sp³-hybridized carbons (Fsp3) is 0. The molecule has 0 saturated carbocycles. The Morgan fingerprint density at radius 1 is 0.286 bits per heavy atom. The van der Waals surface area contributed by atoms with Crippen molar-refractivity contribution in [2.75, 3.05) is 0 Å². The van der Waals surface area contributed by atoms with Crippen LogP contribution in [0, 0.1) is 0 Å². The quantitative estimate of drug-likeness (QED) is 0.183. The van der Waals surface area contributed by atoms with Crippen LogP contribution in [0.2, 0.25) is 0 Å². The number of hydrogen-bond donors (Lipinski definition) is 0. The van der Waals surface area contributed by atoms with Gasteiger partial charge in [-0.3, -0.25) is 0 Å². The highest BCUT2D eigenvalue weighted by molar-refractivity contribution is 6.17. The Hall–Kier alpha value is -6.65. The van der Waals surface area contributed by atoms with Crippen molar-refractivity contribution in [3.63, 3.8) is 0 Å². The van der Waals surface area contributed by atoms with Crippen LogP contribution in [0.1, 0.15) is 0 Å². The van der Waals surface area contributed by atoms with Crippen LogP contribution in [0.15, 0.2) is 168 Å². The topological polar surface area (TPSA) is 51.8 Å². The van der Waals surface area contributed by atoms with Crippen LogP contribution >= 0.6 is 0 Å². The molecule has 0 N–H and O–H groups in total. The molecule has 0 bridgehead atoms. The van der Waals surface area contributed by atoms with Gasteiger partial charge in [0.15, 0.2) is 17.5 Å². The number of fused-ring (bicyclic) bond motifs is 8. The third-order valence-corrected chi connectivity index (χ3v) is 9.52. The van der Waals surface area contributed by atoms with Gasteiger partial charge in [0.1, 0.15) is 11.2 Å². The van der Waals surface area contributed by atoms with Gasteiger partial charge in [-0.1, -0.05) is 140 Å². The largest absolute Gasteiger partial charge is 0.456 e. The first-order chi connectivity index (χ1) is 24.2. The zero-order valence-electron chi connectivity index (χ0n) is 26.3. The van der Waals surface area contributed by atoms with E-state index in [1.165, 1.54) is 37.9 Å². The van der Waals surface area contributed by atoms with Crippen molar-refractivity contribution in [2.24, 2.45) is 0 Å². The summed E-state index contributed by atoms with van der Waals surface area (Å²) in [5, 5.41) is 9.42. The third kappa shape index (κ3) is 4.65. The van der Waals surface area contributed by atoms with Crippen LogP contribution in [-0.4, -0.2) is 15.0 Å². The lowest BCUT2D eigenvalue weighted by atomic mass is 9.96. The van der Waals surface area contributed by atoms with Crippen molar-refractivity contribution < 1.29 is 4.42 Å². The highest BCUT2D eigenvalue weighted by Gasteiger charge is 2.16. The van der Waals surface area contributed by atoms with E-state index in [-0.39, 0.29) is 0 Å². The van der Waals surface area contributed by atoms with Gasteiger partial charge in [0, 0.05) is 27.5 Å². The highest BCUT2D eigenvalue weighted by atomic mass is 16.3. The van der Waals surface area contributed by atoms with Gasteiger partial charge in [0.05, 0.1) is 0 Å². The third-order valence-electron chi connectivity index (χ3n) is 9.52. The minimum absolute atomic E-state index is 0.596. The zero-order valence-corrected chi connectivity index (χ0v) is 26.3. The molecule has 4 nitrogen and oxygen atoms in total. The Kier molecular flexibility index (Phi) is 6.15. The maximum Gasteiger partial charge on any atom is 0.164 e. The smallest absolute Gasteiger partial charge is 0.164 e. The number of benzene rings is 8. The molecule has 0 radical (unpaired) electrons. The van der Waals surface area contributed by atoms with Crippen LogP contribution in [-0.2, 0) is 0 Å². The molecule has 0 aliphatic carbocycles. The first kappa shape index (κ1) is 27.5. The summed E-state index contributed by atoms with van der Waals surface area (Å²) in [5.74, 6) is 1.84. The van der Waals surface area contributed by atoms with Crippen LogP contribution in [0.5, 0.6) is 0 Å². The molecule has 0 aliphatic heterocycles. The van der Waals surface area contributed by atoms with Gasteiger partial charge in [-0.15, -0.1) is 0 Å². The van der Waals surface area contributed by atoms with E-state index in [0.717, 1.165) is 44.2 Å². The summed E-state index contributed by atoms with van der Waals surface area (Å²) in [6.07, 6.45) is 0. The van der Waals surface area contributed by atoms with E-state index in [2.05, 4.69) is 133 Å². The van der Waals surface area contributed by atoms with Gasteiger partial charge < -0.3 is 4.42 Å². The molecule has 0 fully saturated rings. The molecule has 2 aromatic heterocycles. The molecule has 49 heavy (non-hydrogen) atoms. The van der Waals surface area contributed by atoms with Gasteiger partial charge in [-0.25, -0.2) is 15.0 Å². The van der Waals surface area contributed by atoms with Gasteiger partial charge in [0.25, 0.3) is 0 Å². The van der Waals surface area contributed by atoms with E-state index in [9.17, 15) is 0 Å². The second-order valence-corrected chi connectivity index (χ2v) is 12.4. The van der Waals surface area contributed by atoms with E-state index in [1.54, 1.807) is 0 Å². The molecule has 4 heteroatoms. The van der Waals surface area contributed by atoms with Crippen molar-refractivity contribution in [3.8, 4) is 45.3 Å². The molecule has 0 spiro atoms. The first-order valence-electron chi connectivity index (χ1n) is 16.4. The van der Waals surface area contributed by atoms with Gasteiger partial charge in [0.2, 0.25) is 0 Å². The van der Waals surface area contributed by atoms with E-state index in [4.69, 9.17) is 19.4 Å². The van der Waals surface area contributed by atoms with Crippen LogP contribution in [0.3, 0.4) is 0 Å². The lowest BCUT2D eigenvalue weighted by molar-refractivity contribution is 0.669.